The van der Waals surface area contributed by atoms with E-state index in [1.807, 2.05) is 18.2 Å². The Kier molecular flexibility index (Phi) is 5.73. The SMILES string of the molecule is COc1ccc(C2=COC3C(CCC4OCN(Cc5cccs5)CC43)C2=O)cc1OC. The maximum atomic E-state index is 13.5. The van der Waals surface area contributed by atoms with Gasteiger partial charge in [0.2, 0.25) is 0 Å². The first-order valence-electron chi connectivity index (χ1n) is 10.7. The molecule has 1 saturated heterocycles. The lowest BCUT2D eigenvalue weighted by Gasteiger charge is -2.48. The van der Waals surface area contributed by atoms with Gasteiger partial charge in [0.15, 0.2) is 17.3 Å². The number of hydrogen-bond donors (Lipinski definition) is 0. The van der Waals surface area contributed by atoms with Crippen molar-refractivity contribution >= 4 is 22.7 Å². The lowest BCUT2D eigenvalue weighted by atomic mass is 9.71. The van der Waals surface area contributed by atoms with Gasteiger partial charge in [-0.25, -0.2) is 0 Å². The van der Waals surface area contributed by atoms with Crippen molar-refractivity contribution in [2.45, 2.75) is 31.6 Å². The van der Waals surface area contributed by atoms with E-state index in [-0.39, 0.29) is 29.8 Å². The number of carbonyl (C=O) groups is 1. The molecule has 1 aliphatic carbocycles. The molecule has 0 spiro atoms. The fourth-order valence-electron chi connectivity index (χ4n) is 5.04. The van der Waals surface area contributed by atoms with Crippen molar-refractivity contribution in [2.75, 3.05) is 27.5 Å². The van der Waals surface area contributed by atoms with Crippen molar-refractivity contribution in [3.05, 3.63) is 52.4 Å². The van der Waals surface area contributed by atoms with Crippen LogP contribution in [0.2, 0.25) is 0 Å². The summed E-state index contributed by atoms with van der Waals surface area (Å²) in [5.74, 6) is 1.44. The van der Waals surface area contributed by atoms with Crippen LogP contribution in [0, 0.1) is 11.8 Å². The number of allylic oxidation sites excluding steroid dienone is 1. The van der Waals surface area contributed by atoms with Crippen molar-refractivity contribution in [1.82, 2.24) is 4.90 Å². The first kappa shape index (κ1) is 20.5. The molecule has 0 bridgehead atoms. The van der Waals surface area contributed by atoms with Crippen LogP contribution in [-0.2, 0) is 20.8 Å². The van der Waals surface area contributed by atoms with Crippen LogP contribution in [-0.4, -0.2) is 50.4 Å². The van der Waals surface area contributed by atoms with Gasteiger partial charge in [0, 0.05) is 23.9 Å². The predicted octanol–water partition coefficient (Wildman–Crippen LogP) is 3.96. The number of ketones is 1. The standard InChI is InChI=1S/C24H27NO5S/c1-27-21-7-5-15(10-22(21)28-2)19-13-29-24-17(23(19)26)6-8-20-18(24)12-25(14-30-20)11-16-4-3-9-31-16/h3-5,7,9-10,13,17-18,20,24H,6,8,11-12,14H2,1-2H3. The number of fused-ring (bicyclic) bond motifs is 3. The summed E-state index contributed by atoms with van der Waals surface area (Å²) < 4.78 is 23.2. The van der Waals surface area contributed by atoms with Crippen molar-refractivity contribution in [3.8, 4) is 11.5 Å². The van der Waals surface area contributed by atoms with Gasteiger partial charge in [0.25, 0.3) is 0 Å². The molecule has 0 amide bonds. The van der Waals surface area contributed by atoms with E-state index in [2.05, 4.69) is 22.4 Å². The Morgan fingerprint density at radius 3 is 2.81 bits per heavy atom. The Bertz CT molecular complexity index is 972. The number of carbonyl (C=O) groups excluding carboxylic acids is 1. The number of rotatable bonds is 5. The van der Waals surface area contributed by atoms with Crippen LogP contribution in [0.3, 0.4) is 0 Å². The van der Waals surface area contributed by atoms with E-state index >= 15 is 0 Å². The van der Waals surface area contributed by atoms with Crippen LogP contribution in [0.1, 0.15) is 23.3 Å². The molecule has 3 heterocycles. The summed E-state index contributed by atoms with van der Waals surface area (Å²) in [4.78, 5) is 17.1. The summed E-state index contributed by atoms with van der Waals surface area (Å²) >= 11 is 1.76. The normalized spacial score (nSPS) is 28.2. The first-order chi connectivity index (χ1) is 15.2. The Morgan fingerprint density at radius 2 is 2.03 bits per heavy atom. The maximum Gasteiger partial charge on any atom is 0.173 e. The minimum Gasteiger partial charge on any atom is -0.496 e. The molecule has 2 aromatic rings. The summed E-state index contributed by atoms with van der Waals surface area (Å²) in [6.07, 6.45) is 3.35. The second-order valence-electron chi connectivity index (χ2n) is 8.34. The number of methoxy groups -OCH3 is 2. The van der Waals surface area contributed by atoms with E-state index in [0.29, 0.717) is 23.8 Å². The molecule has 3 aliphatic rings. The molecule has 1 aromatic heterocycles. The van der Waals surface area contributed by atoms with Crippen LogP contribution in [0.5, 0.6) is 11.5 Å². The van der Waals surface area contributed by atoms with Crippen molar-refractivity contribution in [3.63, 3.8) is 0 Å². The summed E-state index contributed by atoms with van der Waals surface area (Å²) in [5.41, 5.74) is 1.40. The Labute approximate surface area is 186 Å². The largest absolute Gasteiger partial charge is 0.496 e. The third-order valence-electron chi connectivity index (χ3n) is 6.60. The highest BCUT2D eigenvalue weighted by Gasteiger charge is 2.49. The zero-order valence-electron chi connectivity index (χ0n) is 17.8. The molecular formula is C24H27NO5S. The number of thiophene rings is 1. The zero-order chi connectivity index (χ0) is 21.4. The van der Waals surface area contributed by atoms with E-state index in [9.17, 15) is 4.79 Å². The van der Waals surface area contributed by atoms with E-state index in [1.54, 1.807) is 31.8 Å². The minimum absolute atomic E-state index is 0.138. The van der Waals surface area contributed by atoms with Gasteiger partial charge < -0.3 is 18.9 Å². The van der Waals surface area contributed by atoms with Gasteiger partial charge >= 0.3 is 0 Å². The molecule has 2 fully saturated rings. The van der Waals surface area contributed by atoms with Crippen molar-refractivity contribution in [2.24, 2.45) is 11.8 Å². The highest BCUT2D eigenvalue weighted by atomic mass is 32.1. The molecule has 164 valence electrons. The molecule has 5 rings (SSSR count). The fraction of sp³-hybridized carbons (Fsp3) is 0.458. The molecule has 7 heteroatoms. The van der Waals surface area contributed by atoms with Gasteiger partial charge in [-0.15, -0.1) is 11.3 Å². The zero-order valence-corrected chi connectivity index (χ0v) is 18.6. The highest BCUT2D eigenvalue weighted by Crippen LogP contribution is 2.43. The van der Waals surface area contributed by atoms with E-state index < -0.39 is 0 Å². The smallest absolute Gasteiger partial charge is 0.173 e. The third-order valence-corrected chi connectivity index (χ3v) is 7.46. The molecule has 31 heavy (non-hydrogen) atoms. The number of ether oxygens (including phenoxy) is 4. The highest BCUT2D eigenvalue weighted by molar-refractivity contribution is 7.09. The Morgan fingerprint density at radius 1 is 1.16 bits per heavy atom. The van der Waals surface area contributed by atoms with Gasteiger partial charge in [-0.05, 0) is 42.0 Å². The molecule has 0 N–H and O–H groups in total. The second-order valence-corrected chi connectivity index (χ2v) is 9.37. The molecule has 6 nitrogen and oxygen atoms in total. The summed E-state index contributed by atoms with van der Waals surface area (Å²) in [6, 6.07) is 9.77. The Balaban J connectivity index is 1.36. The van der Waals surface area contributed by atoms with E-state index in [0.717, 1.165) is 31.5 Å². The number of Topliss-reactive ketones (excluding diaryl/α,β-unsaturated/α-hetero) is 1. The summed E-state index contributed by atoms with van der Waals surface area (Å²) in [5, 5.41) is 2.10. The lowest BCUT2D eigenvalue weighted by Crippen LogP contribution is -2.56. The van der Waals surface area contributed by atoms with Gasteiger partial charge in [-0.2, -0.15) is 0 Å². The van der Waals surface area contributed by atoms with E-state index in [4.69, 9.17) is 18.9 Å². The van der Waals surface area contributed by atoms with Crippen molar-refractivity contribution < 1.29 is 23.7 Å². The number of benzene rings is 1. The van der Waals surface area contributed by atoms with Crippen LogP contribution >= 0.6 is 11.3 Å². The molecule has 1 aromatic carbocycles. The van der Waals surface area contributed by atoms with Crippen LogP contribution in [0.15, 0.2) is 42.0 Å². The minimum atomic E-state index is -0.139. The van der Waals surface area contributed by atoms with Gasteiger partial charge in [0.1, 0.15) is 6.10 Å². The van der Waals surface area contributed by atoms with Crippen molar-refractivity contribution in [1.29, 1.82) is 0 Å². The average molecular weight is 442 g/mol. The second kappa shape index (κ2) is 8.65. The predicted molar refractivity (Wildman–Crippen MR) is 118 cm³/mol. The molecule has 2 aliphatic heterocycles. The summed E-state index contributed by atoms with van der Waals surface area (Å²) in [7, 11) is 3.19. The fourth-order valence-corrected chi connectivity index (χ4v) is 5.79. The Hall–Kier alpha value is -2.35. The van der Waals surface area contributed by atoms with Gasteiger partial charge in [-0.1, -0.05) is 12.1 Å². The van der Waals surface area contributed by atoms with Crippen LogP contribution < -0.4 is 9.47 Å². The third kappa shape index (κ3) is 3.86. The monoisotopic (exact) mass is 441 g/mol. The van der Waals surface area contributed by atoms with Crippen LogP contribution in [0.25, 0.3) is 5.57 Å². The lowest BCUT2D eigenvalue weighted by molar-refractivity contribution is -0.171. The summed E-state index contributed by atoms with van der Waals surface area (Å²) in [6.45, 7) is 2.40. The number of nitrogens with zero attached hydrogens (tertiary/aromatic N) is 1. The van der Waals surface area contributed by atoms with E-state index in [1.165, 1.54) is 4.88 Å². The molecular weight excluding hydrogens is 414 g/mol. The average Bonchev–Trinajstić information content (AvgIpc) is 3.32. The topological polar surface area (TPSA) is 57.2 Å². The van der Waals surface area contributed by atoms with Gasteiger partial charge in [0.05, 0.1) is 44.8 Å². The van der Waals surface area contributed by atoms with Crippen LogP contribution in [0.4, 0.5) is 0 Å². The number of hydrogen-bond acceptors (Lipinski definition) is 7. The molecule has 1 saturated carbocycles. The van der Waals surface area contributed by atoms with Gasteiger partial charge in [-0.3, -0.25) is 9.69 Å². The first-order valence-corrected chi connectivity index (χ1v) is 11.5. The molecule has 4 unspecified atom stereocenters. The quantitative estimate of drug-likeness (QED) is 0.700. The molecule has 4 atom stereocenters. The maximum absolute atomic E-state index is 13.5. The molecule has 0 radical (unpaired) electrons.